The number of fused-ring (bicyclic) bond motifs is 1. The predicted octanol–water partition coefficient (Wildman–Crippen LogP) is 3.78. The molecule has 5 nitrogen and oxygen atoms in total. The smallest absolute Gasteiger partial charge is 0.254 e. The molecule has 1 unspecified atom stereocenters. The summed E-state index contributed by atoms with van der Waals surface area (Å²) in [5.41, 5.74) is 8.39. The Labute approximate surface area is 144 Å². The molecule has 0 bridgehead atoms. The third-order valence-corrected chi connectivity index (χ3v) is 4.82. The standard InChI is InChI=1S/C18H17ClN4O/c19-13-4-1-3-11(9-13)16-5-2-8-23(16)18(24)12-6-7-15-14(10-12)17(20)22-21-15/h1,3-4,6-7,9-10,16H,2,5,8H2,(H3,20,21,22). The Kier molecular flexibility index (Phi) is 3.65. The first-order valence-corrected chi connectivity index (χ1v) is 8.31. The second kappa shape index (κ2) is 5.83. The molecule has 0 radical (unpaired) electrons. The van der Waals surface area contributed by atoms with Crippen LogP contribution in [0.2, 0.25) is 5.02 Å². The van der Waals surface area contributed by atoms with Crippen molar-refractivity contribution in [3.05, 3.63) is 58.6 Å². The highest BCUT2D eigenvalue weighted by molar-refractivity contribution is 6.30. The highest BCUT2D eigenvalue weighted by Gasteiger charge is 2.30. The molecular formula is C18H17ClN4O. The summed E-state index contributed by atoms with van der Waals surface area (Å²) >= 11 is 6.11. The fourth-order valence-electron chi connectivity index (χ4n) is 3.40. The molecule has 3 N–H and O–H groups in total. The number of nitrogens with two attached hydrogens (primary N) is 1. The van der Waals surface area contributed by atoms with Gasteiger partial charge in [0, 0.05) is 22.5 Å². The molecule has 4 rings (SSSR count). The van der Waals surface area contributed by atoms with Crippen molar-refractivity contribution in [2.24, 2.45) is 0 Å². The second-order valence-corrected chi connectivity index (χ2v) is 6.52. The van der Waals surface area contributed by atoms with E-state index >= 15 is 0 Å². The van der Waals surface area contributed by atoms with E-state index in [4.69, 9.17) is 17.3 Å². The number of carbonyl (C=O) groups excluding carboxylic acids is 1. The number of carbonyl (C=O) groups is 1. The van der Waals surface area contributed by atoms with E-state index in [1.165, 1.54) is 0 Å². The number of amides is 1. The molecule has 0 aliphatic carbocycles. The van der Waals surface area contributed by atoms with E-state index < -0.39 is 0 Å². The fourth-order valence-corrected chi connectivity index (χ4v) is 3.60. The number of benzene rings is 2. The number of anilines is 1. The molecular weight excluding hydrogens is 324 g/mol. The minimum atomic E-state index is 0.0139. The zero-order valence-corrected chi connectivity index (χ0v) is 13.8. The highest BCUT2D eigenvalue weighted by atomic mass is 35.5. The summed E-state index contributed by atoms with van der Waals surface area (Å²) in [6.07, 6.45) is 1.93. The summed E-state index contributed by atoms with van der Waals surface area (Å²) < 4.78 is 0. The Morgan fingerprint density at radius 1 is 1.29 bits per heavy atom. The van der Waals surface area contributed by atoms with E-state index in [-0.39, 0.29) is 11.9 Å². The van der Waals surface area contributed by atoms with E-state index in [0.29, 0.717) is 16.4 Å². The van der Waals surface area contributed by atoms with Gasteiger partial charge in [-0.3, -0.25) is 9.89 Å². The number of rotatable bonds is 2. The predicted molar refractivity (Wildman–Crippen MR) is 95.0 cm³/mol. The molecule has 0 saturated carbocycles. The van der Waals surface area contributed by atoms with Gasteiger partial charge in [0.15, 0.2) is 5.82 Å². The van der Waals surface area contributed by atoms with Crippen LogP contribution in [0.4, 0.5) is 5.82 Å². The molecule has 1 amide bonds. The number of hydrogen-bond donors (Lipinski definition) is 2. The van der Waals surface area contributed by atoms with Crippen molar-refractivity contribution in [2.45, 2.75) is 18.9 Å². The lowest BCUT2D eigenvalue weighted by Gasteiger charge is -2.25. The Bertz CT molecular complexity index is 920. The third kappa shape index (κ3) is 2.51. The Morgan fingerprint density at radius 2 is 2.17 bits per heavy atom. The first-order chi connectivity index (χ1) is 11.6. The highest BCUT2D eigenvalue weighted by Crippen LogP contribution is 2.34. The molecule has 1 saturated heterocycles. The second-order valence-electron chi connectivity index (χ2n) is 6.08. The van der Waals surface area contributed by atoms with Crippen molar-refractivity contribution in [3.8, 4) is 0 Å². The van der Waals surface area contributed by atoms with Gasteiger partial charge in [-0.25, -0.2) is 0 Å². The maximum atomic E-state index is 13.0. The minimum absolute atomic E-state index is 0.0139. The number of aromatic amines is 1. The van der Waals surface area contributed by atoms with Gasteiger partial charge in [-0.1, -0.05) is 23.7 Å². The quantitative estimate of drug-likeness (QED) is 0.745. The van der Waals surface area contributed by atoms with Crippen molar-refractivity contribution in [1.82, 2.24) is 15.1 Å². The summed E-state index contributed by atoms with van der Waals surface area (Å²) in [7, 11) is 0. The summed E-state index contributed by atoms with van der Waals surface area (Å²) in [4.78, 5) is 14.9. The van der Waals surface area contributed by atoms with Gasteiger partial charge in [0.2, 0.25) is 0 Å². The SMILES string of the molecule is Nc1n[nH]c2ccc(C(=O)N3CCCC3c3cccc(Cl)c3)cc12. The minimum Gasteiger partial charge on any atom is -0.382 e. The van der Waals surface area contributed by atoms with Crippen molar-refractivity contribution in [1.29, 1.82) is 0 Å². The number of nitrogens with zero attached hydrogens (tertiary/aromatic N) is 2. The van der Waals surface area contributed by atoms with Crippen LogP contribution >= 0.6 is 11.6 Å². The molecule has 6 heteroatoms. The maximum Gasteiger partial charge on any atom is 0.254 e. The molecule has 0 spiro atoms. The number of nitrogens with one attached hydrogen (secondary N) is 1. The van der Waals surface area contributed by atoms with Crippen molar-refractivity contribution < 1.29 is 4.79 Å². The monoisotopic (exact) mass is 340 g/mol. The van der Waals surface area contributed by atoms with Gasteiger partial charge in [-0.2, -0.15) is 5.10 Å². The maximum absolute atomic E-state index is 13.0. The van der Waals surface area contributed by atoms with E-state index in [2.05, 4.69) is 10.2 Å². The Balaban J connectivity index is 1.67. The number of likely N-dealkylation sites (tertiary alicyclic amines) is 1. The van der Waals surface area contributed by atoms with Crippen molar-refractivity contribution >= 4 is 34.2 Å². The lowest BCUT2D eigenvalue weighted by atomic mass is 10.0. The molecule has 1 atom stereocenters. The third-order valence-electron chi connectivity index (χ3n) is 4.59. The van der Waals surface area contributed by atoms with Crippen molar-refractivity contribution in [3.63, 3.8) is 0 Å². The molecule has 122 valence electrons. The van der Waals surface area contributed by atoms with E-state index in [0.717, 1.165) is 35.9 Å². The van der Waals surface area contributed by atoms with E-state index in [1.54, 1.807) is 0 Å². The van der Waals surface area contributed by atoms with Crippen LogP contribution in [0, 0.1) is 0 Å². The first-order valence-electron chi connectivity index (χ1n) is 7.93. The summed E-state index contributed by atoms with van der Waals surface area (Å²) in [5.74, 6) is 0.424. The van der Waals surface area contributed by atoms with Crippen LogP contribution in [-0.4, -0.2) is 27.5 Å². The fraction of sp³-hybridized carbons (Fsp3) is 0.222. The van der Waals surface area contributed by atoms with Crippen LogP contribution in [-0.2, 0) is 0 Å². The largest absolute Gasteiger partial charge is 0.382 e. The molecule has 1 aromatic heterocycles. The van der Waals surface area contributed by atoms with Gasteiger partial charge in [-0.15, -0.1) is 0 Å². The van der Waals surface area contributed by atoms with Crippen LogP contribution in [0.25, 0.3) is 10.9 Å². The lowest BCUT2D eigenvalue weighted by molar-refractivity contribution is 0.0736. The van der Waals surface area contributed by atoms with E-state index in [9.17, 15) is 4.79 Å². The summed E-state index contributed by atoms with van der Waals surface area (Å²) in [5, 5.41) is 8.30. The van der Waals surface area contributed by atoms with Gasteiger partial charge in [0.1, 0.15) is 0 Å². The Morgan fingerprint density at radius 3 is 3.00 bits per heavy atom. The van der Waals surface area contributed by atoms with Crippen LogP contribution in [0.3, 0.4) is 0 Å². The van der Waals surface area contributed by atoms with Gasteiger partial charge in [-0.05, 0) is 48.7 Å². The summed E-state index contributed by atoms with van der Waals surface area (Å²) in [6, 6.07) is 13.3. The molecule has 2 heterocycles. The lowest BCUT2D eigenvalue weighted by Crippen LogP contribution is -2.30. The first kappa shape index (κ1) is 15.0. The molecule has 24 heavy (non-hydrogen) atoms. The zero-order valence-electron chi connectivity index (χ0n) is 13.0. The molecule has 3 aromatic rings. The number of aromatic nitrogens is 2. The molecule has 2 aromatic carbocycles. The zero-order chi connectivity index (χ0) is 16.7. The average Bonchev–Trinajstić information content (AvgIpc) is 3.21. The van der Waals surface area contributed by atoms with Crippen LogP contribution in [0.15, 0.2) is 42.5 Å². The van der Waals surface area contributed by atoms with Crippen LogP contribution in [0.1, 0.15) is 34.8 Å². The van der Waals surface area contributed by atoms with Gasteiger partial charge < -0.3 is 10.6 Å². The number of H-pyrrole nitrogens is 1. The van der Waals surface area contributed by atoms with Gasteiger partial charge >= 0.3 is 0 Å². The molecule has 1 fully saturated rings. The number of halogens is 1. The number of hydrogen-bond acceptors (Lipinski definition) is 3. The normalized spacial score (nSPS) is 17.5. The van der Waals surface area contributed by atoms with Gasteiger partial charge in [0.25, 0.3) is 5.91 Å². The average molecular weight is 341 g/mol. The summed E-state index contributed by atoms with van der Waals surface area (Å²) in [6.45, 7) is 0.745. The molecule has 1 aliphatic heterocycles. The number of nitrogen functional groups attached to an aromatic ring is 1. The van der Waals surface area contributed by atoms with Crippen molar-refractivity contribution in [2.75, 3.05) is 12.3 Å². The molecule has 1 aliphatic rings. The Hall–Kier alpha value is -2.53. The topological polar surface area (TPSA) is 75.0 Å². The van der Waals surface area contributed by atoms with Gasteiger partial charge in [0.05, 0.1) is 11.6 Å². The van der Waals surface area contributed by atoms with E-state index in [1.807, 2.05) is 47.4 Å². The van der Waals surface area contributed by atoms with Crippen LogP contribution in [0.5, 0.6) is 0 Å². The van der Waals surface area contributed by atoms with Crippen LogP contribution < -0.4 is 5.73 Å².